The van der Waals surface area contributed by atoms with Crippen LogP contribution in [0.4, 0.5) is 0 Å². The zero-order valence-electron chi connectivity index (χ0n) is 9.16. The minimum Gasteiger partial charge on any atom is -0.326 e. The van der Waals surface area contributed by atoms with Crippen molar-refractivity contribution in [2.75, 3.05) is 11.5 Å². The highest BCUT2D eigenvalue weighted by Gasteiger charge is 2.27. The summed E-state index contributed by atoms with van der Waals surface area (Å²) in [5.74, 6) is 2.54. The van der Waals surface area contributed by atoms with Crippen molar-refractivity contribution in [1.29, 1.82) is 0 Å². The molecule has 0 spiro atoms. The fraction of sp³-hybridized carbons (Fsp3) is 0.818. The van der Waals surface area contributed by atoms with E-state index in [0.717, 1.165) is 12.8 Å². The van der Waals surface area contributed by atoms with Crippen molar-refractivity contribution in [1.82, 2.24) is 0 Å². The molecular formula is C11H21NS2. The van der Waals surface area contributed by atoms with Crippen molar-refractivity contribution in [3.8, 4) is 0 Å². The first kappa shape index (κ1) is 12.5. The van der Waals surface area contributed by atoms with E-state index in [2.05, 4.69) is 32.2 Å². The van der Waals surface area contributed by atoms with E-state index in [1.165, 1.54) is 17.1 Å². The van der Waals surface area contributed by atoms with Gasteiger partial charge >= 0.3 is 0 Å². The molecule has 1 aliphatic heterocycles. The summed E-state index contributed by atoms with van der Waals surface area (Å²) in [5, 5.41) is 1.32. The van der Waals surface area contributed by atoms with E-state index in [1.807, 2.05) is 11.8 Å². The Bertz CT molecular complexity index is 194. The molecule has 1 rings (SSSR count). The number of hydrogen-bond acceptors (Lipinski definition) is 3. The van der Waals surface area contributed by atoms with E-state index in [9.17, 15) is 0 Å². The Morgan fingerprint density at radius 3 is 2.71 bits per heavy atom. The highest BCUT2D eigenvalue weighted by atomic mass is 32.2. The van der Waals surface area contributed by atoms with Crippen LogP contribution >= 0.6 is 23.5 Å². The number of rotatable bonds is 4. The Morgan fingerprint density at radius 1 is 1.50 bits per heavy atom. The zero-order chi connectivity index (χ0) is 10.6. The molecule has 1 nitrogen and oxygen atoms in total. The molecular weight excluding hydrogens is 210 g/mol. The van der Waals surface area contributed by atoms with Crippen molar-refractivity contribution >= 4 is 23.5 Å². The molecule has 1 aliphatic rings. The van der Waals surface area contributed by atoms with Crippen molar-refractivity contribution < 1.29 is 0 Å². The van der Waals surface area contributed by atoms with Crippen molar-refractivity contribution in [3.05, 3.63) is 12.2 Å². The van der Waals surface area contributed by atoms with Gasteiger partial charge in [0.2, 0.25) is 0 Å². The Balaban J connectivity index is 2.41. The first-order valence-electron chi connectivity index (χ1n) is 5.30. The summed E-state index contributed by atoms with van der Waals surface area (Å²) in [6.45, 7) is 8.49. The van der Waals surface area contributed by atoms with E-state index in [1.54, 1.807) is 0 Å². The Kier molecular flexibility index (Phi) is 5.42. The standard InChI is InChI=1S/C11H21NS2/c1-4-8(2)7-10(12)11-9(3)13-5-6-14-11/h9-11H,2,4-7,12H2,1,3H3. The molecule has 2 N–H and O–H groups in total. The third kappa shape index (κ3) is 3.52. The predicted molar refractivity (Wildman–Crippen MR) is 70.2 cm³/mol. The summed E-state index contributed by atoms with van der Waals surface area (Å²) in [6, 6.07) is 0.301. The van der Waals surface area contributed by atoms with Gasteiger partial charge in [0.15, 0.2) is 0 Å². The second-order valence-electron chi connectivity index (χ2n) is 3.88. The fourth-order valence-corrected chi connectivity index (χ4v) is 4.61. The van der Waals surface area contributed by atoms with Crippen LogP contribution in [0.25, 0.3) is 0 Å². The molecule has 0 amide bonds. The molecule has 0 aromatic rings. The lowest BCUT2D eigenvalue weighted by atomic mass is 10.0. The van der Waals surface area contributed by atoms with Crippen LogP contribution in [0, 0.1) is 0 Å². The van der Waals surface area contributed by atoms with Crippen LogP contribution in [0.2, 0.25) is 0 Å². The Hall–Kier alpha value is 0.400. The molecule has 3 unspecified atom stereocenters. The van der Waals surface area contributed by atoms with E-state index in [4.69, 9.17) is 5.73 Å². The third-order valence-corrected chi connectivity index (χ3v) is 5.96. The first-order chi connectivity index (χ1) is 6.65. The minimum atomic E-state index is 0.301. The normalized spacial score (nSPS) is 29.9. The van der Waals surface area contributed by atoms with Gasteiger partial charge in [-0.25, -0.2) is 0 Å². The molecule has 82 valence electrons. The summed E-state index contributed by atoms with van der Waals surface area (Å²) in [7, 11) is 0. The molecule has 0 aromatic carbocycles. The molecule has 3 atom stereocenters. The maximum absolute atomic E-state index is 6.22. The molecule has 0 saturated carbocycles. The number of nitrogens with two attached hydrogens (primary N) is 1. The van der Waals surface area contributed by atoms with E-state index in [-0.39, 0.29) is 0 Å². The largest absolute Gasteiger partial charge is 0.326 e. The highest BCUT2D eigenvalue weighted by Crippen LogP contribution is 2.33. The lowest BCUT2D eigenvalue weighted by molar-refractivity contribution is 0.612. The van der Waals surface area contributed by atoms with Crippen molar-refractivity contribution in [2.45, 2.75) is 43.2 Å². The van der Waals surface area contributed by atoms with Gasteiger partial charge in [-0.3, -0.25) is 0 Å². The van der Waals surface area contributed by atoms with Crippen LogP contribution in [0.3, 0.4) is 0 Å². The second kappa shape index (κ2) is 6.09. The van der Waals surface area contributed by atoms with Crippen LogP contribution in [-0.2, 0) is 0 Å². The van der Waals surface area contributed by atoms with Gasteiger partial charge < -0.3 is 5.73 Å². The van der Waals surface area contributed by atoms with E-state index in [0.29, 0.717) is 16.5 Å². The summed E-state index contributed by atoms with van der Waals surface area (Å²) in [4.78, 5) is 0. The quantitative estimate of drug-likeness (QED) is 0.754. The maximum atomic E-state index is 6.22. The van der Waals surface area contributed by atoms with Gasteiger partial charge in [-0.1, -0.05) is 26.0 Å². The molecule has 1 fully saturated rings. The molecule has 0 bridgehead atoms. The summed E-state index contributed by atoms with van der Waals surface area (Å²) in [6.07, 6.45) is 2.06. The van der Waals surface area contributed by atoms with Crippen molar-refractivity contribution in [2.24, 2.45) is 5.73 Å². The average Bonchev–Trinajstić information content (AvgIpc) is 2.18. The second-order valence-corrected chi connectivity index (χ2v) is 6.65. The van der Waals surface area contributed by atoms with E-state index >= 15 is 0 Å². The predicted octanol–water partition coefficient (Wildman–Crippen LogP) is 2.91. The summed E-state index contributed by atoms with van der Waals surface area (Å²) < 4.78 is 0. The van der Waals surface area contributed by atoms with Gasteiger partial charge in [-0.05, 0) is 12.8 Å². The maximum Gasteiger partial charge on any atom is 0.0318 e. The summed E-state index contributed by atoms with van der Waals surface area (Å²) in [5.41, 5.74) is 7.51. The molecule has 14 heavy (non-hydrogen) atoms. The third-order valence-electron chi connectivity index (χ3n) is 2.68. The van der Waals surface area contributed by atoms with Gasteiger partial charge in [-0.15, -0.1) is 0 Å². The molecule has 1 saturated heterocycles. The van der Waals surface area contributed by atoms with Gasteiger partial charge in [0.25, 0.3) is 0 Å². The number of hydrogen-bond donors (Lipinski definition) is 1. The molecule has 1 heterocycles. The Labute approximate surface area is 96.3 Å². The molecule has 0 aliphatic carbocycles. The van der Waals surface area contributed by atoms with Gasteiger partial charge in [0.1, 0.15) is 0 Å². The van der Waals surface area contributed by atoms with E-state index < -0.39 is 0 Å². The smallest absolute Gasteiger partial charge is 0.0318 e. The van der Waals surface area contributed by atoms with Gasteiger partial charge in [-0.2, -0.15) is 23.5 Å². The average molecular weight is 231 g/mol. The zero-order valence-corrected chi connectivity index (χ0v) is 10.8. The topological polar surface area (TPSA) is 26.0 Å². The lowest BCUT2D eigenvalue weighted by Crippen LogP contribution is -2.40. The van der Waals surface area contributed by atoms with Gasteiger partial charge in [0.05, 0.1) is 0 Å². The SMILES string of the molecule is C=C(CC)CC(N)C1SCCSC1C. The van der Waals surface area contributed by atoms with Crippen LogP contribution < -0.4 is 5.73 Å². The first-order valence-corrected chi connectivity index (χ1v) is 7.40. The molecule has 0 radical (unpaired) electrons. The monoisotopic (exact) mass is 231 g/mol. The highest BCUT2D eigenvalue weighted by molar-refractivity contribution is 8.07. The van der Waals surface area contributed by atoms with Crippen LogP contribution in [0.15, 0.2) is 12.2 Å². The van der Waals surface area contributed by atoms with Crippen molar-refractivity contribution in [3.63, 3.8) is 0 Å². The van der Waals surface area contributed by atoms with Crippen LogP contribution in [-0.4, -0.2) is 28.0 Å². The fourth-order valence-electron chi connectivity index (χ4n) is 1.71. The number of thioether (sulfide) groups is 2. The van der Waals surface area contributed by atoms with Crippen LogP contribution in [0.5, 0.6) is 0 Å². The Morgan fingerprint density at radius 2 is 2.14 bits per heavy atom. The van der Waals surface area contributed by atoms with Crippen LogP contribution in [0.1, 0.15) is 26.7 Å². The molecule has 0 aromatic heterocycles. The lowest BCUT2D eigenvalue weighted by Gasteiger charge is -2.32. The molecule has 3 heteroatoms. The summed E-state index contributed by atoms with van der Waals surface area (Å²) >= 11 is 4.10. The minimum absolute atomic E-state index is 0.301. The van der Waals surface area contributed by atoms with Gasteiger partial charge in [0, 0.05) is 28.0 Å².